The van der Waals surface area contributed by atoms with Crippen molar-refractivity contribution in [2.45, 2.75) is 46.3 Å². The van der Waals surface area contributed by atoms with E-state index in [0.29, 0.717) is 27.8 Å². The molecule has 6 nitrogen and oxygen atoms in total. The number of carbonyl (C=O) groups excluding carboxylic acids is 1. The van der Waals surface area contributed by atoms with Crippen molar-refractivity contribution in [3.8, 4) is 16.9 Å². The molecule has 1 N–H and O–H groups in total. The van der Waals surface area contributed by atoms with Crippen LogP contribution in [0.15, 0.2) is 41.4 Å². The Balaban J connectivity index is 1.80. The van der Waals surface area contributed by atoms with Crippen LogP contribution < -0.4 is 4.74 Å². The Labute approximate surface area is 208 Å². The molecule has 1 aliphatic heterocycles. The lowest BCUT2D eigenvalue weighted by atomic mass is 10.0. The zero-order valence-corrected chi connectivity index (χ0v) is 21.1. The van der Waals surface area contributed by atoms with E-state index in [-0.39, 0.29) is 16.3 Å². The van der Waals surface area contributed by atoms with E-state index in [0.717, 1.165) is 22.9 Å². The zero-order chi connectivity index (χ0) is 24.3. The molecule has 0 aliphatic carbocycles. The first-order chi connectivity index (χ1) is 15.6. The van der Waals surface area contributed by atoms with Crippen LogP contribution >= 0.6 is 35.6 Å². The third kappa shape index (κ3) is 6.13. The van der Waals surface area contributed by atoms with Gasteiger partial charge >= 0.3 is 5.97 Å². The molecular weight excluding hydrogens is 480 g/mol. The fraction of sp³-hybridized carbons (Fsp3) is 0.333. The molecule has 1 saturated heterocycles. The zero-order valence-electron chi connectivity index (χ0n) is 18.7. The summed E-state index contributed by atoms with van der Waals surface area (Å²) in [6, 6.07) is 8.25. The van der Waals surface area contributed by atoms with Crippen LogP contribution in [0.25, 0.3) is 17.2 Å². The minimum atomic E-state index is -1.06. The van der Waals surface area contributed by atoms with E-state index in [1.54, 1.807) is 18.3 Å². The van der Waals surface area contributed by atoms with Gasteiger partial charge in [-0.2, -0.15) is 0 Å². The predicted octanol–water partition coefficient (Wildman–Crippen LogP) is 5.89. The van der Waals surface area contributed by atoms with Crippen molar-refractivity contribution in [1.82, 2.24) is 9.88 Å². The minimum absolute atomic E-state index is 0.0264. The lowest BCUT2D eigenvalue weighted by Gasteiger charge is -2.24. The van der Waals surface area contributed by atoms with E-state index < -0.39 is 17.9 Å². The Hall–Kier alpha value is -2.42. The number of hydrogen-bond donors (Lipinski definition) is 1. The predicted molar refractivity (Wildman–Crippen MR) is 136 cm³/mol. The molecule has 1 aromatic carbocycles. The Bertz CT molecular complexity index is 1100. The molecule has 174 valence electrons. The topological polar surface area (TPSA) is 79.7 Å². The van der Waals surface area contributed by atoms with Gasteiger partial charge in [0.15, 0.2) is 0 Å². The number of pyridine rings is 1. The summed E-state index contributed by atoms with van der Waals surface area (Å²) in [5, 5.41) is 10.1. The average molecular weight is 505 g/mol. The molecule has 1 amide bonds. The molecule has 0 spiro atoms. The maximum Gasteiger partial charge on any atom is 0.326 e. The summed E-state index contributed by atoms with van der Waals surface area (Å²) in [4.78, 5) is 30.6. The maximum absolute atomic E-state index is 12.9. The van der Waals surface area contributed by atoms with Crippen LogP contribution in [0.4, 0.5) is 0 Å². The number of ether oxygens (including phenoxy) is 1. The molecule has 33 heavy (non-hydrogen) atoms. The van der Waals surface area contributed by atoms with Gasteiger partial charge in [0, 0.05) is 11.8 Å². The van der Waals surface area contributed by atoms with E-state index in [9.17, 15) is 14.7 Å². The van der Waals surface area contributed by atoms with Crippen molar-refractivity contribution >= 4 is 57.9 Å². The highest BCUT2D eigenvalue weighted by molar-refractivity contribution is 8.26. The van der Waals surface area contributed by atoms with Gasteiger partial charge in [0.1, 0.15) is 16.1 Å². The van der Waals surface area contributed by atoms with Crippen LogP contribution in [-0.4, -0.2) is 43.3 Å². The van der Waals surface area contributed by atoms with E-state index in [1.807, 2.05) is 52.0 Å². The van der Waals surface area contributed by atoms with E-state index in [1.165, 1.54) is 4.90 Å². The number of aliphatic carboxylic acids is 1. The summed E-state index contributed by atoms with van der Waals surface area (Å²) in [6.07, 6.45) is 3.67. The van der Waals surface area contributed by atoms with Gasteiger partial charge in [0.05, 0.1) is 21.7 Å². The number of amides is 1. The Morgan fingerprint density at radius 1 is 1.24 bits per heavy atom. The Morgan fingerprint density at radius 2 is 1.94 bits per heavy atom. The molecular formula is C24H25ClN2O4S2. The highest BCUT2D eigenvalue weighted by Crippen LogP contribution is 2.35. The second kappa shape index (κ2) is 10.7. The van der Waals surface area contributed by atoms with Gasteiger partial charge in [-0.1, -0.05) is 61.6 Å². The smallest absolute Gasteiger partial charge is 0.326 e. The van der Waals surface area contributed by atoms with Gasteiger partial charge in [-0.25, -0.2) is 4.79 Å². The van der Waals surface area contributed by atoms with Gasteiger partial charge in [0.2, 0.25) is 0 Å². The fourth-order valence-electron chi connectivity index (χ4n) is 3.34. The monoisotopic (exact) mass is 504 g/mol. The lowest BCUT2D eigenvalue weighted by molar-refractivity contribution is -0.145. The highest BCUT2D eigenvalue weighted by Gasteiger charge is 2.40. The lowest BCUT2D eigenvalue weighted by Crippen LogP contribution is -2.44. The SMILES string of the molecule is CC(C)C[C@@H](C(=O)O)N1C(=O)/C(=C\c2ccc(-c3ccc(OC(C)C)c(Cl)c3)cn2)SC1=S. The number of carboxylic acids is 1. The van der Waals surface area contributed by atoms with E-state index in [4.69, 9.17) is 28.6 Å². The number of rotatable bonds is 8. The standard InChI is InChI=1S/C24H25ClN2O4S2/c1-13(2)9-19(23(29)30)27-22(28)21(33-24(27)32)11-17-7-5-16(12-26-17)15-6-8-20(18(25)10-15)31-14(3)4/h5-8,10-14,19H,9H2,1-4H3,(H,29,30)/b21-11+/t19-/m0/s1. The van der Waals surface area contributed by atoms with Crippen molar-refractivity contribution in [2.75, 3.05) is 0 Å². The number of benzene rings is 1. The highest BCUT2D eigenvalue weighted by atomic mass is 35.5. The number of nitrogens with zero attached hydrogens (tertiary/aromatic N) is 2. The molecule has 0 saturated carbocycles. The molecule has 0 radical (unpaired) electrons. The summed E-state index contributed by atoms with van der Waals surface area (Å²) in [7, 11) is 0. The summed E-state index contributed by atoms with van der Waals surface area (Å²) >= 11 is 12.7. The third-order valence-electron chi connectivity index (χ3n) is 4.81. The van der Waals surface area contributed by atoms with Crippen molar-refractivity contribution in [3.63, 3.8) is 0 Å². The number of carboxylic acid groups (broad SMARTS) is 1. The number of carbonyl (C=O) groups is 2. The molecule has 1 fully saturated rings. The van der Waals surface area contributed by atoms with Crippen molar-refractivity contribution in [1.29, 1.82) is 0 Å². The first kappa shape index (κ1) is 25.2. The van der Waals surface area contributed by atoms with Crippen molar-refractivity contribution < 1.29 is 19.4 Å². The summed E-state index contributed by atoms with van der Waals surface area (Å²) < 4.78 is 5.91. The molecule has 2 aromatic rings. The molecule has 0 unspecified atom stereocenters. The summed E-state index contributed by atoms with van der Waals surface area (Å²) in [5.41, 5.74) is 2.32. The second-order valence-corrected chi connectivity index (χ2v) is 10.4. The maximum atomic E-state index is 12.9. The Kier molecular flexibility index (Phi) is 8.15. The van der Waals surface area contributed by atoms with Gasteiger partial charge in [-0.3, -0.25) is 14.7 Å². The molecule has 1 aliphatic rings. The first-order valence-electron chi connectivity index (χ1n) is 10.5. The van der Waals surface area contributed by atoms with Crippen molar-refractivity contribution in [3.05, 3.63) is 52.2 Å². The van der Waals surface area contributed by atoms with Gasteiger partial charge in [0.25, 0.3) is 5.91 Å². The molecule has 0 bridgehead atoms. The molecule has 9 heteroatoms. The summed E-state index contributed by atoms with van der Waals surface area (Å²) in [5.74, 6) is -0.740. The molecule has 3 rings (SSSR count). The second-order valence-electron chi connectivity index (χ2n) is 8.32. The van der Waals surface area contributed by atoms with Crippen LogP contribution in [0.5, 0.6) is 5.75 Å². The quantitative estimate of drug-likeness (QED) is 0.354. The first-order valence-corrected chi connectivity index (χ1v) is 12.1. The largest absolute Gasteiger partial charge is 0.489 e. The van der Waals surface area contributed by atoms with Crippen LogP contribution in [0.1, 0.15) is 39.8 Å². The van der Waals surface area contributed by atoms with Gasteiger partial charge < -0.3 is 9.84 Å². The fourth-order valence-corrected chi connectivity index (χ4v) is 4.90. The van der Waals surface area contributed by atoms with E-state index in [2.05, 4.69) is 4.98 Å². The minimum Gasteiger partial charge on any atom is -0.489 e. The normalized spacial score (nSPS) is 16.2. The third-order valence-corrected chi connectivity index (χ3v) is 6.43. The Morgan fingerprint density at radius 3 is 2.48 bits per heavy atom. The average Bonchev–Trinajstić information content (AvgIpc) is 3.00. The molecule has 2 heterocycles. The number of hydrogen-bond acceptors (Lipinski definition) is 6. The van der Waals surface area contributed by atoms with Crippen molar-refractivity contribution in [2.24, 2.45) is 5.92 Å². The number of halogens is 1. The van der Waals surface area contributed by atoms with Crippen LogP contribution in [0.2, 0.25) is 5.02 Å². The number of thioether (sulfide) groups is 1. The number of thiocarbonyl (C=S) groups is 1. The molecule has 1 aromatic heterocycles. The van der Waals surface area contributed by atoms with Crippen LogP contribution in [0, 0.1) is 5.92 Å². The van der Waals surface area contributed by atoms with Crippen LogP contribution in [-0.2, 0) is 9.59 Å². The van der Waals surface area contributed by atoms with Crippen LogP contribution in [0.3, 0.4) is 0 Å². The van der Waals surface area contributed by atoms with E-state index >= 15 is 0 Å². The molecule has 1 atom stereocenters. The summed E-state index contributed by atoms with van der Waals surface area (Å²) in [6.45, 7) is 7.69. The van der Waals surface area contributed by atoms with Gasteiger partial charge in [-0.15, -0.1) is 0 Å². The van der Waals surface area contributed by atoms with Gasteiger partial charge in [-0.05, 0) is 56.0 Å². The number of aromatic nitrogens is 1.